The number of aromatic nitrogens is 1. The van der Waals surface area contributed by atoms with Gasteiger partial charge in [-0.05, 0) is 35.4 Å². The van der Waals surface area contributed by atoms with Gasteiger partial charge in [0.05, 0.1) is 5.92 Å². The van der Waals surface area contributed by atoms with Crippen molar-refractivity contribution < 1.29 is 0 Å². The molecular formula is C23H16BrN. The van der Waals surface area contributed by atoms with Gasteiger partial charge >= 0.3 is 0 Å². The first-order chi connectivity index (χ1) is 12.3. The quantitative estimate of drug-likeness (QED) is 0.400. The Balaban J connectivity index is 1.88. The Morgan fingerprint density at radius 2 is 1.52 bits per heavy atom. The maximum atomic E-state index is 3.70. The van der Waals surface area contributed by atoms with E-state index >= 15 is 0 Å². The summed E-state index contributed by atoms with van der Waals surface area (Å²) in [6.07, 6.45) is 2.08. The first kappa shape index (κ1) is 15.7. The highest BCUT2D eigenvalue weighted by Gasteiger charge is 2.17. The summed E-state index contributed by atoms with van der Waals surface area (Å²) in [7, 11) is 0. The predicted molar refractivity (Wildman–Crippen MR) is 108 cm³/mol. The van der Waals surface area contributed by atoms with E-state index in [4.69, 9.17) is 0 Å². The number of hydrogen-bond donors (Lipinski definition) is 1. The predicted octanol–water partition coefficient (Wildman–Crippen LogP) is 6.11. The van der Waals surface area contributed by atoms with Crippen LogP contribution in [0.1, 0.15) is 22.6 Å². The molecule has 1 aromatic heterocycles. The van der Waals surface area contributed by atoms with Gasteiger partial charge < -0.3 is 4.98 Å². The van der Waals surface area contributed by atoms with Gasteiger partial charge in [-0.3, -0.25) is 0 Å². The van der Waals surface area contributed by atoms with Gasteiger partial charge in [-0.15, -0.1) is 0 Å². The number of rotatable bonds is 2. The zero-order valence-electron chi connectivity index (χ0n) is 13.5. The molecule has 4 rings (SSSR count). The van der Waals surface area contributed by atoms with E-state index in [1.165, 1.54) is 16.5 Å². The van der Waals surface area contributed by atoms with E-state index in [2.05, 4.69) is 75.3 Å². The molecule has 25 heavy (non-hydrogen) atoms. The molecule has 4 aromatic rings. The van der Waals surface area contributed by atoms with Gasteiger partial charge in [-0.2, -0.15) is 0 Å². The summed E-state index contributed by atoms with van der Waals surface area (Å²) in [5.41, 5.74) is 4.54. The summed E-state index contributed by atoms with van der Waals surface area (Å²) < 4.78 is 1.09. The van der Waals surface area contributed by atoms with Gasteiger partial charge in [0.15, 0.2) is 0 Å². The number of hydrogen-bond acceptors (Lipinski definition) is 0. The van der Waals surface area contributed by atoms with Crippen molar-refractivity contribution in [2.24, 2.45) is 0 Å². The van der Waals surface area contributed by atoms with Crippen molar-refractivity contribution in [2.45, 2.75) is 5.92 Å². The molecule has 0 saturated heterocycles. The molecule has 0 radical (unpaired) electrons. The van der Waals surface area contributed by atoms with Crippen molar-refractivity contribution in [3.8, 4) is 11.8 Å². The number of aromatic amines is 1. The van der Waals surface area contributed by atoms with E-state index in [0.717, 1.165) is 15.6 Å². The zero-order chi connectivity index (χ0) is 17.1. The van der Waals surface area contributed by atoms with Crippen LogP contribution >= 0.6 is 15.9 Å². The Morgan fingerprint density at radius 1 is 0.800 bits per heavy atom. The molecule has 0 aliphatic carbocycles. The molecule has 0 bridgehead atoms. The van der Waals surface area contributed by atoms with Crippen molar-refractivity contribution in [1.82, 2.24) is 4.98 Å². The fourth-order valence-corrected chi connectivity index (χ4v) is 3.65. The van der Waals surface area contributed by atoms with Crippen LogP contribution in [0.5, 0.6) is 0 Å². The van der Waals surface area contributed by atoms with Crippen LogP contribution in [0, 0.1) is 11.8 Å². The zero-order valence-corrected chi connectivity index (χ0v) is 15.1. The maximum absolute atomic E-state index is 3.70. The minimum atomic E-state index is 0.00820. The monoisotopic (exact) mass is 385 g/mol. The highest BCUT2D eigenvalue weighted by molar-refractivity contribution is 9.10. The molecule has 1 nitrogen and oxygen atoms in total. The molecular weight excluding hydrogens is 370 g/mol. The molecule has 0 spiro atoms. The van der Waals surface area contributed by atoms with Crippen molar-refractivity contribution in [3.63, 3.8) is 0 Å². The summed E-state index contributed by atoms with van der Waals surface area (Å²) in [4.78, 5) is 3.38. The lowest BCUT2D eigenvalue weighted by Crippen LogP contribution is -1.98. The van der Waals surface area contributed by atoms with Crippen LogP contribution in [0.3, 0.4) is 0 Å². The second-order valence-corrected chi connectivity index (χ2v) is 6.74. The number of benzene rings is 3. The van der Waals surface area contributed by atoms with Crippen LogP contribution in [0.4, 0.5) is 0 Å². The van der Waals surface area contributed by atoms with Crippen LogP contribution in [-0.2, 0) is 0 Å². The smallest absolute Gasteiger partial charge is 0.0727 e. The van der Waals surface area contributed by atoms with E-state index in [9.17, 15) is 0 Å². The molecule has 3 aromatic carbocycles. The van der Waals surface area contributed by atoms with Crippen LogP contribution in [0.2, 0.25) is 0 Å². The highest BCUT2D eigenvalue weighted by Crippen LogP contribution is 2.34. The number of nitrogens with one attached hydrogen (secondary N) is 1. The van der Waals surface area contributed by atoms with Crippen LogP contribution < -0.4 is 0 Å². The van der Waals surface area contributed by atoms with Crippen molar-refractivity contribution in [2.75, 3.05) is 0 Å². The lowest BCUT2D eigenvalue weighted by atomic mass is 9.91. The molecule has 120 valence electrons. The van der Waals surface area contributed by atoms with E-state index < -0.39 is 0 Å². The minimum Gasteiger partial charge on any atom is -0.361 e. The average molecular weight is 386 g/mol. The lowest BCUT2D eigenvalue weighted by molar-refractivity contribution is 1.07. The number of halogens is 1. The van der Waals surface area contributed by atoms with Gasteiger partial charge in [0.25, 0.3) is 0 Å². The Bertz CT molecular complexity index is 1050. The van der Waals surface area contributed by atoms with Crippen molar-refractivity contribution >= 4 is 26.8 Å². The Hall–Kier alpha value is -2.76. The Morgan fingerprint density at radius 3 is 2.28 bits per heavy atom. The summed E-state index contributed by atoms with van der Waals surface area (Å²) >= 11 is 3.70. The van der Waals surface area contributed by atoms with Gasteiger partial charge in [-0.1, -0.05) is 82.4 Å². The highest BCUT2D eigenvalue weighted by atomic mass is 79.9. The van der Waals surface area contributed by atoms with E-state index in [0.29, 0.717) is 0 Å². The molecule has 0 saturated carbocycles. The summed E-state index contributed by atoms with van der Waals surface area (Å²) in [6.45, 7) is 0. The molecule has 1 atom stereocenters. The SMILES string of the molecule is Brc1cccc2[nH]cc(C(C#Cc3ccccc3)c3ccccc3)c12. The molecule has 1 heterocycles. The largest absolute Gasteiger partial charge is 0.361 e. The number of fused-ring (bicyclic) bond motifs is 1. The van der Waals surface area contributed by atoms with Crippen molar-refractivity contribution in [3.05, 3.63) is 106 Å². The molecule has 0 aliphatic heterocycles. The molecule has 1 unspecified atom stereocenters. The summed E-state index contributed by atoms with van der Waals surface area (Å²) in [5.74, 6) is 6.83. The van der Waals surface area contributed by atoms with Gasteiger partial charge in [-0.25, -0.2) is 0 Å². The fraction of sp³-hybridized carbons (Fsp3) is 0.0435. The van der Waals surface area contributed by atoms with Gasteiger partial charge in [0.2, 0.25) is 0 Å². The molecule has 0 fully saturated rings. The second kappa shape index (κ2) is 7.01. The first-order valence-corrected chi connectivity index (χ1v) is 8.99. The fourth-order valence-electron chi connectivity index (χ4n) is 3.06. The van der Waals surface area contributed by atoms with E-state index in [1.54, 1.807) is 0 Å². The Kier molecular flexibility index (Phi) is 4.41. The topological polar surface area (TPSA) is 15.8 Å². The third kappa shape index (κ3) is 3.24. The normalized spacial score (nSPS) is 11.7. The third-order valence-corrected chi connectivity index (χ3v) is 4.92. The Labute approximate surface area is 155 Å². The van der Waals surface area contributed by atoms with Gasteiger partial charge in [0.1, 0.15) is 0 Å². The molecule has 1 N–H and O–H groups in total. The summed E-state index contributed by atoms with van der Waals surface area (Å²) in [6, 6.07) is 26.8. The van der Waals surface area contributed by atoms with Crippen LogP contribution in [0.25, 0.3) is 10.9 Å². The summed E-state index contributed by atoms with van der Waals surface area (Å²) in [5, 5.41) is 1.19. The second-order valence-electron chi connectivity index (χ2n) is 5.89. The molecule has 0 amide bonds. The molecule has 2 heteroatoms. The maximum Gasteiger partial charge on any atom is 0.0727 e. The van der Waals surface area contributed by atoms with E-state index in [-0.39, 0.29) is 5.92 Å². The van der Waals surface area contributed by atoms with Crippen LogP contribution in [0.15, 0.2) is 89.5 Å². The first-order valence-electron chi connectivity index (χ1n) is 8.20. The minimum absolute atomic E-state index is 0.00820. The average Bonchev–Trinajstić information content (AvgIpc) is 3.09. The van der Waals surface area contributed by atoms with Crippen LogP contribution in [-0.4, -0.2) is 4.98 Å². The van der Waals surface area contributed by atoms with Crippen molar-refractivity contribution in [1.29, 1.82) is 0 Å². The van der Waals surface area contributed by atoms with Gasteiger partial charge in [0, 0.05) is 27.1 Å². The lowest BCUT2D eigenvalue weighted by Gasteiger charge is -2.11. The van der Waals surface area contributed by atoms with E-state index in [1.807, 2.05) is 42.5 Å². The standard InChI is InChI=1S/C23H16BrN/c24-21-12-7-13-22-23(21)20(16-25-22)19(18-10-5-2-6-11-18)15-14-17-8-3-1-4-9-17/h1-13,16,19,25H. The molecule has 0 aliphatic rings. The third-order valence-electron chi connectivity index (χ3n) is 4.26. The number of H-pyrrole nitrogens is 1.